The van der Waals surface area contributed by atoms with Gasteiger partial charge in [0.2, 0.25) is 6.10 Å². The lowest BCUT2D eigenvalue weighted by molar-refractivity contribution is -0.127. The molecule has 11 nitrogen and oxygen atoms in total. The van der Waals surface area contributed by atoms with Crippen LogP contribution in [0.15, 0.2) is 43.5 Å². The van der Waals surface area contributed by atoms with E-state index in [1.54, 1.807) is 25.3 Å². The molecule has 2 amide bonds. The second-order valence-corrected chi connectivity index (χ2v) is 6.30. The van der Waals surface area contributed by atoms with Gasteiger partial charge in [-0.3, -0.25) is 4.79 Å². The molecule has 1 aromatic carbocycles. The van der Waals surface area contributed by atoms with Crippen molar-refractivity contribution >= 4 is 23.8 Å². The molecule has 2 N–H and O–H groups in total. The van der Waals surface area contributed by atoms with E-state index in [1.165, 1.54) is 12.2 Å². The highest BCUT2D eigenvalue weighted by molar-refractivity contribution is 5.99. The van der Waals surface area contributed by atoms with Crippen LogP contribution < -0.4 is 15.4 Å². The monoisotopic (exact) mass is 450 g/mol. The molecule has 2 rings (SSSR count). The Labute approximate surface area is 185 Å². The van der Waals surface area contributed by atoms with Crippen molar-refractivity contribution in [2.75, 3.05) is 45.6 Å². The van der Waals surface area contributed by atoms with Crippen molar-refractivity contribution in [3.63, 3.8) is 0 Å². The van der Waals surface area contributed by atoms with Gasteiger partial charge in [-0.2, -0.15) is 0 Å². The molecule has 0 fully saturated rings. The molecule has 1 aromatic rings. The van der Waals surface area contributed by atoms with Crippen LogP contribution in [-0.4, -0.2) is 64.6 Å². The van der Waals surface area contributed by atoms with Gasteiger partial charge in [-0.05, 0) is 18.2 Å². The van der Waals surface area contributed by atoms with Crippen molar-refractivity contribution in [2.24, 2.45) is 0 Å². The minimum Gasteiger partial charge on any atom is -0.468 e. The first-order chi connectivity index (χ1) is 15.5. The fourth-order valence-corrected chi connectivity index (χ4v) is 2.67. The van der Waals surface area contributed by atoms with Gasteiger partial charge in [0.15, 0.2) is 6.79 Å². The number of ether oxygens (including phenoxy) is 6. The summed E-state index contributed by atoms with van der Waals surface area (Å²) in [5.41, 5.74) is 0.826. The van der Waals surface area contributed by atoms with Crippen molar-refractivity contribution in [1.82, 2.24) is 5.32 Å². The standard InChI is InChI=1S/C21H26N2O9/c1-4-8-29-20(25)23-17-15-12-14(31-13-28-11-10-27-3)6-7-16(15)22-19(24)18(17)32-21(26)30-9-5-2/h4-7,12,17-18H,1-2,8-11,13H2,3H3,(H,22,24)(H,23,25)/t17-,18+/m0/s1. The average Bonchev–Trinajstić information content (AvgIpc) is 2.78. The zero-order chi connectivity index (χ0) is 23.3. The van der Waals surface area contributed by atoms with Crippen LogP contribution in [0.25, 0.3) is 0 Å². The summed E-state index contributed by atoms with van der Waals surface area (Å²) in [6.07, 6.45) is -0.629. The zero-order valence-corrected chi connectivity index (χ0v) is 17.7. The Bertz CT molecular complexity index is 827. The molecule has 1 aliphatic heterocycles. The Balaban J connectivity index is 2.23. The quantitative estimate of drug-likeness (QED) is 0.213. The van der Waals surface area contributed by atoms with Gasteiger partial charge >= 0.3 is 12.2 Å². The van der Waals surface area contributed by atoms with E-state index in [9.17, 15) is 14.4 Å². The van der Waals surface area contributed by atoms with Crippen LogP contribution in [0.3, 0.4) is 0 Å². The molecule has 0 radical (unpaired) electrons. The summed E-state index contributed by atoms with van der Waals surface area (Å²) in [5.74, 6) is -0.254. The van der Waals surface area contributed by atoms with Gasteiger partial charge < -0.3 is 39.1 Å². The molecule has 1 heterocycles. The Morgan fingerprint density at radius 2 is 1.91 bits per heavy atom. The van der Waals surface area contributed by atoms with E-state index in [1.807, 2.05) is 0 Å². The molecule has 0 saturated carbocycles. The molecular weight excluding hydrogens is 424 g/mol. The lowest BCUT2D eigenvalue weighted by Gasteiger charge is -2.32. The summed E-state index contributed by atoms with van der Waals surface area (Å²) in [6, 6.07) is 3.71. The number of alkyl carbamates (subject to hydrolysis) is 1. The predicted octanol–water partition coefficient (Wildman–Crippen LogP) is 2.30. The third-order valence-electron chi connectivity index (χ3n) is 4.07. The summed E-state index contributed by atoms with van der Waals surface area (Å²) >= 11 is 0. The van der Waals surface area contributed by atoms with Gasteiger partial charge in [0.25, 0.3) is 5.91 Å². The number of hydrogen-bond donors (Lipinski definition) is 2. The van der Waals surface area contributed by atoms with Crippen LogP contribution in [0.1, 0.15) is 11.6 Å². The molecule has 1 aliphatic rings. The number of carbonyl (C=O) groups is 3. The Kier molecular flexibility index (Phi) is 10.0. The fraction of sp³-hybridized carbons (Fsp3) is 0.381. The highest BCUT2D eigenvalue weighted by Crippen LogP contribution is 2.35. The van der Waals surface area contributed by atoms with Crippen molar-refractivity contribution in [3.8, 4) is 5.75 Å². The number of fused-ring (bicyclic) bond motifs is 1. The lowest BCUT2D eigenvalue weighted by Crippen LogP contribution is -2.48. The summed E-state index contributed by atoms with van der Waals surface area (Å²) in [7, 11) is 1.56. The maximum atomic E-state index is 12.6. The van der Waals surface area contributed by atoms with Gasteiger partial charge in [-0.25, -0.2) is 9.59 Å². The van der Waals surface area contributed by atoms with Gasteiger partial charge in [0, 0.05) is 18.4 Å². The van der Waals surface area contributed by atoms with Crippen molar-refractivity contribution in [2.45, 2.75) is 12.1 Å². The summed E-state index contributed by atoms with van der Waals surface area (Å²) in [6.45, 7) is 7.47. The van der Waals surface area contributed by atoms with E-state index in [4.69, 9.17) is 28.4 Å². The van der Waals surface area contributed by atoms with E-state index < -0.39 is 30.3 Å². The van der Waals surface area contributed by atoms with E-state index in [2.05, 4.69) is 23.8 Å². The SMILES string of the molecule is C=CCOC(=O)N[C@H]1c2cc(OCOCCOC)ccc2NC(=O)[C@@H]1OC(=O)OCC=C. The number of amides is 2. The second kappa shape index (κ2) is 13.0. The first-order valence-electron chi connectivity index (χ1n) is 9.63. The maximum absolute atomic E-state index is 12.6. The van der Waals surface area contributed by atoms with Crippen LogP contribution >= 0.6 is 0 Å². The molecule has 0 aliphatic carbocycles. The smallest absolute Gasteiger partial charge is 0.468 e. The molecule has 0 bridgehead atoms. The van der Waals surface area contributed by atoms with E-state index >= 15 is 0 Å². The van der Waals surface area contributed by atoms with Crippen molar-refractivity contribution in [3.05, 3.63) is 49.1 Å². The average molecular weight is 450 g/mol. The second-order valence-electron chi connectivity index (χ2n) is 6.30. The molecular formula is C21H26N2O9. The van der Waals surface area contributed by atoms with Crippen molar-refractivity contribution in [1.29, 1.82) is 0 Å². The third kappa shape index (κ3) is 7.29. The number of carbonyl (C=O) groups excluding carboxylic acids is 3. The molecule has 0 aromatic heterocycles. The number of methoxy groups -OCH3 is 1. The first-order valence-corrected chi connectivity index (χ1v) is 9.63. The van der Waals surface area contributed by atoms with E-state index in [0.29, 0.717) is 30.2 Å². The predicted molar refractivity (Wildman–Crippen MR) is 112 cm³/mol. The van der Waals surface area contributed by atoms with Gasteiger partial charge in [0.05, 0.1) is 13.2 Å². The number of anilines is 1. The molecule has 174 valence electrons. The van der Waals surface area contributed by atoms with Gasteiger partial charge in [0.1, 0.15) is 25.0 Å². The largest absolute Gasteiger partial charge is 0.509 e. The van der Waals surface area contributed by atoms with Crippen molar-refractivity contribution < 1.29 is 42.8 Å². The van der Waals surface area contributed by atoms with E-state index in [-0.39, 0.29) is 20.0 Å². The first kappa shape index (κ1) is 24.7. The number of hydrogen-bond acceptors (Lipinski definition) is 9. The molecule has 0 unspecified atom stereocenters. The van der Waals surface area contributed by atoms with Crippen LogP contribution in [0, 0.1) is 0 Å². The van der Waals surface area contributed by atoms with Crippen LogP contribution in [-0.2, 0) is 28.5 Å². The Morgan fingerprint density at radius 1 is 1.16 bits per heavy atom. The Morgan fingerprint density at radius 3 is 2.62 bits per heavy atom. The summed E-state index contributed by atoms with van der Waals surface area (Å²) < 4.78 is 30.6. The lowest BCUT2D eigenvalue weighted by atomic mass is 9.94. The maximum Gasteiger partial charge on any atom is 0.509 e. The summed E-state index contributed by atoms with van der Waals surface area (Å²) in [4.78, 5) is 36.7. The molecule has 32 heavy (non-hydrogen) atoms. The number of benzene rings is 1. The fourth-order valence-electron chi connectivity index (χ4n) is 2.67. The number of rotatable bonds is 12. The molecule has 2 atom stereocenters. The van der Waals surface area contributed by atoms with Crippen LogP contribution in [0.5, 0.6) is 5.75 Å². The van der Waals surface area contributed by atoms with Crippen LogP contribution in [0.2, 0.25) is 0 Å². The molecule has 0 saturated heterocycles. The minimum atomic E-state index is -1.43. The summed E-state index contributed by atoms with van der Waals surface area (Å²) in [5, 5.41) is 5.16. The normalized spacial score (nSPS) is 16.7. The molecule has 11 heteroatoms. The highest BCUT2D eigenvalue weighted by atomic mass is 16.7. The number of nitrogens with one attached hydrogen (secondary N) is 2. The Hall–Kier alpha value is -3.57. The van der Waals surface area contributed by atoms with Crippen LogP contribution in [0.4, 0.5) is 15.3 Å². The topological polar surface area (TPSA) is 131 Å². The van der Waals surface area contributed by atoms with E-state index in [0.717, 1.165) is 0 Å². The zero-order valence-electron chi connectivity index (χ0n) is 17.7. The molecule has 0 spiro atoms. The van der Waals surface area contributed by atoms with Gasteiger partial charge in [-0.15, -0.1) is 0 Å². The highest BCUT2D eigenvalue weighted by Gasteiger charge is 2.41. The third-order valence-corrected chi connectivity index (χ3v) is 4.07. The van der Waals surface area contributed by atoms with Gasteiger partial charge in [-0.1, -0.05) is 25.3 Å². The minimum absolute atomic E-state index is 0.0399.